The summed E-state index contributed by atoms with van der Waals surface area (Å²) in [6.45, 7) is 0. The second kappa shape index (κ2) is 6.17. The van der Waals surface area contributed by atoms with Gasteiger partial charge in [-0.15, -0.1) is 0 Å². The normalized spacial score (nSPS) is 12.2. The van der Waals surface area contributed by atoms with Crippen LogP contribution in [0.2, 0.25) is 0 Å². The maximum Gasteiger partial charge on any atom is 0.129 e. The van der Waals surface area contributed by atoms with Gasteiger partial charge in [0, 0.05) is 15.6 Å². The molecule has 0 amide bonds. The Labute approximate surface area is 120 Å². The third-order valence-electron chi connectivity index (χ3n) is 3.03. The summed E-state index contributed by atoms with van der Waals surface area (Å²) in [5.41, 5.74) is 1.48. The summed E-state index contributed by atoms with van der Waals surface area (Å²) in [7, 11) is 3.41. The molecule has 2 aromatic rings. The highest BCUT2D eigenvalue weighted by Crippen LogP contribution is 2.34. The highest BCUT2D eigenvalue weighted by molar-refractivity contribution is 9.10. The maximum atomic E-state index is 14.1. The Kier molecular flexibility index (Phi) is 4.56. The SMILES string of the molecule is CNC(c1ccccc1OC)c1c(F)cccc1Br. The van der Waals surface area contributed by atoms with Gasteiger partial charge in [-0.05, 0) is 25.2 Å². The fraction of sp³-hybridized carbons (Fsp3) is 0.200. The van der Waals surface area contributed by atoms with Gasteiger partial charge in [-0.3, -0.25) is 0 Å². The molecular formula is C15H15BrFNO. The van der Waals surface area contributed by atoms with Crippen LogP contribution in [-0.2, 0) is 0 Å². The van der Waals surface area contributed by atoms with E-state index in [-0.39, 0.29) is 11.9 Å². The zero-order valence-electron chi connectivity index (χ0n) is 10.8. The van der Waals surface area contributed by atoms with Crippen LogP contribution in [0.3, 0.4) is 0 Å². The molecule has 4 heteroatoms. The number of benzene rings is 2. The molecule has 2 aromatic carbocycles. The molecule has 0 bridgehead atoms. The summed E-state index contributed by atoms with van der Waals surface area (Å²) in [5, 5.41) is 3.14. The molecule has 1 atom stereocenters. The van der Waals surface area contributed by atoms with Crippen LogP contribution >= 0.6 is 15.9 Å². The summed E-state index contributed by atoms with van der Waals surface area (Å²) in [6.07, 6.45) is 0. The molecule has 100 valence electrons. The van der Waals surface area contributed by atoms with E-state index in [0.717, 1.165) is 15.8 Å². The highest BCUT2D eigenvalue weighted by Gasteiger charge is 2.21. The zero-order chi connectivity index (χ0) is 13.8. The van der Waals surface area contributed by atoms with Crippen molar-refractivity contribution in [2.45, 2.75) is 6.04 Å². The number of methoxy groups -OCH3 is 1. The zero-order valence-corrected chi connectivity index (χ0v) is 12.4. The molecule has 0 aliphatic heterocycles. The van der Waals surface area contributed by atoms with Crippen LogP contribution in [0.4, 0.5) is 4.39 Å². The van der Waals surface area contributed by atoms with Crippen molar-refractivity contribution in [3.8, 4) is 5.75 Å². The van der Waals surface area contributed by atoms with E-state index < -0.39 is 0 Å². The molecule has 0 fully saturated rings. The standard InChI is InChI=1S/C15H15BrFNO/c1-18-15(10-6-3-4-9-13(10)19-2)14-11(16)7-5-8-12(14)17/h3-9,15,18H,1-2H3. The van der Waals surface area contributed by atoms with Gasteiger partial charge in [0.1, 0.15) is 11.6 Å². The van der Waals surface area contributed by atoms with E-state index in [2.05, 4.69) is 21.2 Å². The first kappa shape index (κ1) is 14.0. The minimum absolute atomic E-state index is 0.250. The van der Waals surface area contributed by atoms with Gasteiger partial charge < -0.3 is 10.1 Å². The molecule has 2 rings (SSSR count). The average Bonchev–Trinajstić information content (AvgIpc) is 2.43. The Bertz CT molecular complexity index is 554. The molecule has 0 heterocycles. The second-order valence-electron chi connectivity index (χ2n) is 4.10. The number of hydrogen-bond acceptors (Lipinski definition) is 2. The van der Waals surface area contributed by atoms with Crippen molar-refractivity contribution >= 4 is 15.9 Å². The van der Waals surface area contributed by atoms with E-state index in [9.17, 15) is 4.39 Å². The Hall–Kier alpha value is -1.39. The number of para-hydroxylation sites is 1. The van der Waals surface area contributed by atoms with Gasteiger partial charge in [0.2, 0.25) is 0 Å². The fourth-order valence-electron chi connectivity index (χ4n) is 2.15. The van der Waals surface area contributed by atoms with Gasteiger partial charge in [0.05, 0.1) is 13.2 Å². The second-order valence-corrected chi connectivity index (χ2v) is 4.95. The quantitative estimate of drug-likeness (QED) is 0.921. The van der Waals surface area contributed by atoms with Gasteiger partial charge in [-0.2, -0.15) is 0 Å². The molecule has 0 saturated carbocycles. The smallest absolute Gasteiger partial charge is 0.129 e. The molecule has 2 nitrogen and oxygen atoms in total. The molecule has 1 unspecified atom stereocenters. The van der Waals surface area contributed by atoms with Crippen LogP contribution in [-0.4, -0.2) is 14.2 Å². The lowest BCUT2D eigenvalue weighted by Crippen LogP contribution is -2.20. The van der Waals surface area contributed by atoms with Crippen molar-refractivity contribution in [3.05, 3.63) is 63.9 Å². The first-order chi connectivity index (χ1) is 9.19. The van der Waals surface area contributed by atoms with E-state index in [1.165, 1.54) is 6.07 Å². The Morgan fingerprint density at radius 3 is 2.53 bits per heavy atom. The van der Waals surface area contributed by atoms with E-state index in [1.807, 2.05) is 30.3 Å². The lowest BCUT2D eigenvalue weighted by molar-refractivity contribution is 0.404. The van der Waals surface area contributed by atoms with Crippen molar-refractivity contribution in [2.75, 3.05) is 14.2 Å². The Balaban J connectivity index is 2.57. The van der Waals surface area contributed by atoms with Crippen LogP contribution in [0.25, 0.3) is 0 Å². The predicted octanol–water partition coefficient (Wildman–Crippen LogP) is 3.91. The first-order valence-electron chi connectivity index (χ1n) is 5.93. The third kappa shape index (κ3) is 2.80. The molecule has 0 aliphatic carbocycles. The van der Waals surface area contributed by atoms with E-state index in [0.29, 0.717) is 5.56 Å². The third-order valence-corrected chi connectivity index (χ3v) is 3.72. The first-order valence-corrected chi connectivity index (χ1v) is 6.72. The lowest BCUT2D eigenvalue weighted by Gasteiger charge is -2.21. The van der Waals surface area contributed by atoms with Gasteiger partial charge in [0.25, 0.3) is 0 Å². The summed E-state index contributed by atoms with van der Waals surface area (Å²) in [4.78, 5) is 0. The van der Waals surface area contributed by atoms with Crippen LogP contribution < -0.4 is 10.1 Å². The molecule has 0 spiro atoms. The number of ether oxygens (including phenoxy) is 1. The molecule has 0 aliphatic rings. The maximum absolute atomic E-state index is 14.1. The van der Waals surface area contributed by atoms with Crippen LogP contribution in [0, 0.1) is 5.82 Å². The molecule has 0 saturated heterocycles. The minimum atomic E-state index is -0.272. The molecule has 19 heavy (non-hydrogen) atoms. The average molecular weight is 324 g/mol. The predicted molar refractivity (Wildman–Crippen MR) is 78.0 cm³/mol. The van der Waals surface area contributed by atoms with Crippen molar-refractivity contribution in [2.24, 2.45) is 0 Å². The summed E-state index contributed by atoms with van der Waals surface area (Å²) in [6, 6.07) is 12.3. The lowest BCUT2D eigenvalue weighted by atomic mass is 9.97. The number of nitrogens with one attached hydrogen (secondary N) is 1. The fourth-order valence-corrected chi connectivity index (χ4v) is 2.72. The van der Waals surface area contributed by atoms with Crippen molar-refractivity contribution in [1.82, 2.24) is 5.32 Å². The van der Waals surface area contributed by atoms with E-state index >= 15 is 0 Å². The van der Waals surface area contributed by atoms with Gasteiger partial charge in [-0.1, -0.05) is 40.2 Å². The van der Waals surface area contributed by atoms with Gasteiger partial charge >= 0.3 is 0 Å². The molecule has 0 radical (unpaired) electrons. The molecular weight excluding hydrogens is 309 g/mol. The highest BCUT2D eigenvalue weighted by atomic mass is 79.9. The van der Waals surface area contributed by atoms with Crippen molar-refractivity contribution < 1.29 is 9.13 Å². The Morgan fingerprint density at radius 1 is 1.16 bits per heavy atom. The number of hydrogen-bond donors (Lipinski definition) is 1. The van der Waals surface area contributed by atoms with Gasteiger partial charge in [0.15, 0.2) is 0 Å². The summed E-state index contributed by atoms with van der Waals surface area (Å²) >= 11 is 3.41. The monoisotopic (exact) mass is 323 g/mol. The minimum Gasteiger partial charge on any atom is -0.496 e. The summed E-state index contributed by atoms with van der Waals surface area (Å²) < 4.78 is 20.2. The molecule has 0 aromatic heterocycles. The largest absolute Gasteiger partial charge is 0.496 e. The van der Waals surface area contributed by atoms with Crippen LogP contribution in [0.5, 0.6) is 5.75 Å². The van der Waals surface area contributed by atoms with Crippen LogP contribution in [0.15, 0.2) is 46.9 Å². The summed E-state index contributed by atoms with van der Waals surface area (Å²) in [5.74, 6) is 0.483. The molecule has 1 N–H and O–H groups in total. The topological polar surface area (TPSA) is 21.3 Å². The van der Waals surface area contributed by atoms with Crippen molar-refractivity contribution in [3.63, 3.8) is 0 Å². The number of halogens is 2. The Morgan fingerprint density at radius 2 is 1.89 bits per heavy atom. The van der Waals surface area contributed by atoms with Gasteiger partial charge in [-0.25, -0.2) is 4.39 Å². The van der Waals surface area contributed by atoms with Crippen molar-refractivity contribution in [1.29, 1.82) is 0 Å². The van der Waals surface area contributed by atoms with E-state index in [4.69, 9.17) is 4.74 Å². The van der Waals surface area contributed by atoms with E-state index in [1.54, 1.807) is 20.2 Å². The number of rotatable bonds is 4. The van der Waals surface area contributed by atoms with Crippen LogP contribution in [0.1, 0.15) is 17.2 Å².